The first kappa shape index (κ1) is 20.2. The molecule has 28 heavy (non-hydrogen) atoms. The van der Waals surface area contributed by atoms with E-state index in [2.05, 4.69) is 19.9 Å². The first-order valence-corrected chi connectivity index (χ1v) is 10.5. The van der Waals surface area contributed by atoms with Crippen LogP contribution in [0.2, 0.25) is 0 Å². The largest absolute Gasteiger partial charge is 0.493 e. The Morgan fingerprint density at radius 3 is 2.64 bits per heavy atom. The lowest BCUT2D eigenvalue weighted by atomic mass is 10.1. The lowest BCUT2D eigenvalue weighted by Crippen LogP contribution is -2.23. The van der Waals surface area contributed by atoms with Crippen LogP contribution in [0.5, 0.6) is 5.75 Å². The van der Waals surface area contributed by atoms with Gasteiger partial charge in [-0.2, -0.15) is 0 Å². The zero-order chi connectivity index (χ0) is 19.9. The Hall–Kier alpha value is -2.53. The number of amidine groups is 1. The molecule has 0 N–H and O–H groups in total. The molecule has 1 amide bonds. The van der Waals surface area contributed by atoms with Gasteiger partial charge in [-0.15, -0.1) is 0 Å². The van der Waals surface area contributed by atoms with Crippen LogP contribution >= 0.6 is 11.8 Å². The number of aryl methyl sites for hydroxylation is 1. The number of thioether (sulfide) groups is 1. The number of amides is 1. The zero-order valence-corrected chi connectivity index (χ0v) is 17.5. The van der Waals surface area contributed by atoms with Crippen LogP contribution in [0.15, 0.2) is 58.4 Å². The molecule has 1 saturated heterocycles. The standard InChI is InChI=1S/C23H26N2O2S/c1-4-6-15-27-20-14-10-8-12-18(20)16-21-22(26)25(3)23(28-21)24-19-13-9-7-11-17(19)5-2/h7-14,16H,4-6,15H2,1-3H3/b21-16+,24-23?. The number of nitrogens with zero attached hydrogens (tertiary/aromatic N) is 2. The van der Waals surface area contributed by atoms with Crippen LogP contribution in [0.4, 0.5) is 5.69 Å². The van der Waals surface area contributed by atoms with Crippen LogP contribution in [0.1, 0.15) is 37.8 Å². The lowest BCUT2D eigenvalue weighted by Gasteiger charge is -2.09. The van der Waals surface area contributed by atoms with E-state index in [1.807, 2.05) is 48.5 Å². The highest BCUT2D eigenvalue weighted by molar-refractivity contribution is 8.18. The van der Waals surface area contributed by atoms with Gasteiger partial charge in [0.25, 0.3) is 5.91 Å². The van der Waals surface area contributed by atoms with E-state index in [1.165, 1.54) is 17.3 Å². The number of benzene rings is 2. The second-order valence-electron chi connectivity index (χ2n) is 6.59. The molecule has 5 heteroatoms. The van der Waals surface area contributed by atoms with E-state index in [0.717, 1.165) is 36.3 Å². The van der Waals surface area contributed by atoms with E-state index in [9.17, 15) is 4.79 Å². The summed E-state index contributed by atoms with van der Waals surface area (Å²) >= 11 is 1.40. The zero-order valence-electron chi connectivity index (χ0n) is 16.6. The summed E-state index contributed by atoms with van der Waals surface area (Å²) in [6.07, 6.45) is 4.90. The fraction of sp³-hybridized carbons (Fsp3) is 0.304. The minimum atomic E-state index is -0.0407. The van der Waals surface area contributed by atoms with Gasteiger partial charge in [0.1, 0.15) is 5.75 Å². The number of carbonyl (C=O) groups excluding carboxylic acids is 1. The molecule has 0 unspecified atom stereocenters. The average Bonchev–Trinajstić information content (AvgIpc) is 2.98. The SMILES string of the molecule is CCCCOc1ccccc1/C=C1/SC(=Nc2ccccc2CC)N(C)C1=O. The third kappa shape index (κ3) is 4.65. The predicted molar refractivity (Wildman–Crippen MR) is 118 cm³/mol. The highest BCUT2D eigenvalue weighted by Crippen LogP contribution is 2.35. The molecule has 0 aromatic heterocycles. The number of para-hydroxylation sites is 2. The fourth-order valence-corrected chi connectivity index (χ4v) is 3.84. The number of likely N-dealkylation sites (N-methyl/N-ethyl adjacent to an activating group) is 1. The van der Waals surface area contributed by atoms with Gasteiger partial charge >= 0.3 is 0 Å². The van der Waals surface area contributed by atoms with Crippen molar-refractivity contribution in [2.45, 2.75) is 33.1 Å². The molecule has 146 valence electrons. The maximum atomic E-state index is 12.8. The number of hydrogen-bond acceptors (Lipinski definition) is 4. The Bertz CT molecular complexity index is 905. The topological polar surface area (TPSA) is 41.9 Å². The minimum absolute atomic E-state index is 0.0407. The van der Waals surface area contributed by atoms with Crippen molar-refractivity contribution in [2.75, 3.05) is 13.7 Å². The van der Waals surface area contributed by atoms with Gasteiger partial charge in [0.05, 0.1) is 17.2 Å². The Labute approximate surface area is 171 Å². The molecule has 2 aromatic rings. The number of rotatable bonds is 7. The van der Waals surface area contributed by atoms with Crippen LogP contribution in [0.25, 0.3) is 6.08 Å². The molecule has 0 atom stereocenters. The third-order valence-corrected chi connectivity index (χ3v) is 5.61. The molecule has 0 saturated carbocycles. The third-order valence-electron chi connectivity index (χ3n) is 4.55. The molecule has 0 aliphatic carbocycles. The van der Waals surface area contributed by atoms with E-state index < -0.39 is 0 Å². The minimum Gasteiger partial charge on any atom is -0.493 e. The van der Waals surface area contributed by atoms with E-state index in [-0.39, 0.29) is 5.91 Å². The summed E-state index contributed by atoms with van der Waals surface area (Å²) in [5, 5.41) is 0.696. The maximum Gasteiger partial charge on any atom is 0.266 e. The number of carbonyl (C=O) groups is 1. The van der Waals surface area contributed by atoms with Crippen molar-refractivity contribution >= 4 is 34.6 Å². The summed E-state index contributed by atoms with van der Waals surface area (Å²) < 4.78 is 5.89. The molecule has 1 fully saturated rings. The Morgan fingerprint density at radius 1 is 1.11 bits per heavy atom. The molecule has 1 heterocycles. The number of unbranched alkanes of at least 4 members (excludes halogenated alkanes) is 1. The first-order valence-electron chi connectivity index (χ1n) is 9.70. The van der Waals surface area contributed by atoms with E-state index >= 15 is 0 Å². The van der Waals surface area contributed by atoms with Crippen molar-refractivity contribution in [3.8, 4) is 5.75 Å². The van der Waals surface area contributed by atoms with Gasteiger partial charge in [-0.3, -0.25) is 9.69 Å². The number of hydrogen-bond donors (Lipinski definition) is 0. The Morgan fingerprint density at radius 2 is 1.86 bits per heavy atom. The van der Waals surface area contributed by atoms with Crippen molar-refractivity contribution in [3.05, 3.63) is 64.6 Å². The van der Waals surface area contributed by atoms with Gasteiger partial charge in [0.2, 0.25) is 0 Å². The molecular formula is C23H26N2O2S. The summed E-state index contributed by atoms with van der Waals surface area (Å²) in [7, 11) is 1.77. The molecule has 1 aliphatic rings. The van der Waals surface area contributed by atoms with Crippen LogP contribution in [0, 0.1) is 0 Å². The smallest absolute Gasteiger partial charge is 0.266 e. The van der Waals surface area contributed by atoms with Crippen LogP contribution in [-0.4, -0.2) is 29.6 Å². The predicted octanol–water partition coefficient (Wildman–Crippen LogP) is 5.66. The second kappa shape index (κ2) is 9.60. The summed E-state index contributed by atoms with van der Waals surface area (Å²) in [4.78, 5) is 19.8. The molecule has 3 rings (SSSR count). The maximum absolute atomic E-state index is 12.8. The van der Waals surface area contributed by atoms with Crippen LogP contribution < -0.4 is 4.74 Å². The summed E-state index contributed by atoms with van der Waals surface area (Å²) in [5.74, 6) is 0.766. The Kier molecular flexibility index (Phi) is 6.93. The molecular weight excluding hydrogens is 368 g/mol. The van der Waals surface area contributed by atoms with E-state index in [1.54, 1.807) is 11.9 Å². The normalized spacial score (nSPS) is 17.0. The monoisotopic (exact) mass is 394 g/mol. The number of ether oxygens (including phenoxy) is 1. The van der Waals surface area contributed by atoms with Crippen molar-refractivity contribution in [1.29, 1.82) is 0 Å². The van der Waals surface area contributed by atoms with Gasteiger partial charge in [0, 0.05) is 12.6 Å². The summed E-state index contributed by atoms with van der Waals surface area (Å²) in [6.45, 7) is 4.92. The number of aliphatic imine (C=N–C) groups is 1. The quantitative estimate of drug-likeness (QED) is 0.449. The van der Waals surface area contributed by atoms with Crippen molar-refractivity contribution in [3.63, 3.8) is 0 Å². The second-order valence-corrected chi connectivity index (χ2v) is 7.60. The molecule has 4 nitrogen and oxygen atoms in total. The van der Waals surface area contributed by atoms with Crippen LogP contribution in [0.3, 0.4) is 0 Å². The van der Waals surface area contributed by atoms with E-state index in [4.69, 9.17) is 9.73 Å². The van der Waals surface area contributed by atoms with Crippen molar-refractivity contribution in [1.82, 2.24) is 4.90 Å². The fourth-order valence-electron chi connectivity index (χ4n) is 2.87. The van der Waals surface area contributed by atoms with Gasteiger partial charge in [0.15, 0.2) is 5.17 Å². The summed E-state index contributed by atoms with van der Waals surface area (Å²) in [6, 6.07) is 15.9. The molecule has 2 aromatic carbocycles. The van der Waals surface area contributed by atoms with Gasteiger partial charge in [-0.05, 0) is 48.4 Å². The molecule has 0 spiro atoms. The molecule has 0 radical (unpaired) electrons. The van der Waals surface area contributed by atoms with E-state index in [0.29, 0.717) is 16.7 Å². The lowest BCUT2D eigenvalue weighted by molar-refractivity contribution is -0.121. The van der Waals surface area contributed by atoms with Gasteiger partial charge in [-0.1, -0.05) is 56.7 Å². The first-order chi connectivity index (χ1) is 13.6. The van der Waals surface area contributed by atoms with Gasteiger partial charge in [-0.25, -0.2) is 4.99 Å². The Balaban J connectivity index is 1.87. The van der Waals surface area contributed by atoms with Crippen molar-refractivity contribution in [2.24, 2.45) is 4.99 Å². The van der Waals surface area contributed by atoms with Gasteiger partial charge < -0.3 is 4.74 Å². The average molecular weight is 395 g/mol. The molecule has 1 aliphatic heterocycles. The van der Waals surface area contributed by atoms with Crippen LogP contribution in [-0.2, 0) is 11.2 Å². The summed E-state index contributed by atoms with van der Waals surface area (Å²) in [5.41, 5.74) is 3.00. The highest BCUT2D eigenvalue weighted by atomic mass is 32.2. The molecule has 0 bridgehead atoms. The van der Waals surface area contributed by atoms with Crippen molar-refractivity contribution < 1.29 is 9.53 Å². The highest BCUT2D eigenvalue weighted by Gasteiger charge is 2.30.